The first-order valence-corrected chi connectivity index (χ1v) is 11.5. The second-order valence-electron chi connectivity index (χ2n) is 8.47. The van der Waals surface area contributed by atoms with Gasteiger partial charge in [-0.2, -0.15) is 13.2 Å². The molecule has 0 atom stereocenters. The predicted molar refractivity (Wildman–Crippen MR) is 120 cm³/mol. The first-order valence-electron chi connectivity index (χ1n) is 11.1. The Hall–Kier alpha value is -3.08. The SMILES string of the molecule is O=C(COc1ccc(Cl)c(F)c1)N[C@H]1CC[C@H](N2CCN(c3ccc(C(F)(F)F)cn3)C2=O)CC1. The van der Waals surface area contributed by atoms with Gasteiger partial charge in [-0.15, -0.1) is 0 Å². The number of nitrogens with one attached hydrogen (secondary N) is 1. The fourth-order valence-electron chi connectivity index (χ4n) is 4.34. The number of carbonyl (C=O) groups excluding carboxylic acids is 2. The van der Waals surface area contributed by atoms with Gasteiger partial charge in [-0.25, -0.2) is 14.2 Å². The summed E-state index contributed by atoms with van der Waals surface area (Å²) in [5.74, 6) is -0.579. The van der Waals surface area contributed by atoms with Gasteiger partial charge in [0.2, 0.25) is 0 Å². The molecule has 0 bridgehead atoms. The number of anilines is 1. The highest BCUT2D eigenvalue weighted by molar-refractivity contribution is 6.30. The molecule has 3 amide bonds. The normalized spacial score (nSPS) is 20.8. The van der Waals surface area contributed by atoms with Crippen molar-refractivity contribution in [2.45, 2.75) is 43.9 Å². The van der Waals surface area contributed by atoms with Crippen LogP contribution in [0.15, 0.2) is 36.5 Å². The summed E-state index contributed by atoms with van der Waals surface area (Å²) < 4.78 is 57.0. The van der Waals surface area contributed by atoms with Crippen LogP contribution in [0.3, 0.4) is 0 Å². The fraction of sp³-hybridized carbons (Fsp3) is 0.435. The van der Waals surface area contributed by atoms with Gasteiger partial charge < -0.3 is 15.0 Å². The maximum Gasteiger partial charge on any atom is 0.417 e. The lowest BCUT2D eigenvalue weighted by atomic mass is 9.90. The summed E-state index contributed by atoms with van der Waals surface area (Å²) in [5.41, 5.74) is -0.865. The molecular weight excluding hydrogens is 492 g/mol. The van der Waals surface area contributed by atoms with Crippen LogP contribution in [-0.2, 0) is 11.0 Å². The highest BCUT2D eigenvalue weighted by atomic mass is 35.5. The lowest BCUT2D eigenvalue weighted by Crippen LogP contribution is -2.46. The van der Waals surface area contributed by atoms with E-state index >= 15 is 0 Å². The number of halogens is 5. The van der Waals surface area contributed by atoms with Gasteiger partial charge >= 0.3 is 12.2 Å². The average molecular weight is 515 g/mol. The molecule has 7 nitrogen and oxygen atoms in total. The number of pyridine rings is 1. The minimum absolute atomic E-state index is 0.0246. The quantitative estimate of drug-likeness (QED) is 0.570. The Balaban J connectivity index is 1.23. The van der Waals surface area contributed by atoms with Crippen molar-refractivity contribution in [3.8, 4) is 5.75 Å². The Morgan fingerprint density at radius 2 is 1.89 bits per heavy atom. The van der Waals surface area contributed by atoms with Crippen molar-refractivity contribution in [2.24, 2.45) is 0 Å². The van der Waals surface area contributed by atoms with E-state index in [0.29, 0.717) is 38.8 Å². The number of benzene rings is 1. The van der Waals surface area contributed by atoms with Crippen LogP contribution >= 0.6 is 11.6 Å². The highest BCUT2D eigenvalue weighted by Crippen LogP contribution is 2.31. The maximum absolute atomic E-state index is 13.5. The number of ether oxygens (including phenoxy) is 1. The summed E-state index contributed by atoms with van der Waals surface area (Å²) in [5, 5.41) is 2.86. The van der Waals surface area contributed by atoms with Crippen molar-refractivity contribution in [1.82, 2.24) is 15.2 Å². The van der Waals surface area contributed by atoms with Gasteiger partial charge in [0.15, 0.2) is 6.61 Å². The highest BCUT2D eigenvalue weighted by Gasteiger charge is 2.37. The number of nitrogens with zero attached hydrogens (tertiary/aromatic N) is 3. The van der Waals surface area contributed by atoms with E-state index in [-0.39, 0.29) is 47.2 Å². The van der Waals surface area contributed by atoms with Crippen molar-refractivity contribution < 1.29 is 31.9 Å². The van der Waals surface area contributed by atoms with Crippen molar-refractivity contribution >= 4 is 29.4 Å². The third kappa shape index (κ3) is 5.95. The van der Waals surface area contributed by atoms with Gasteiger partial charge in [-0.3, -0.25) is 9.69 Å². The van der Waals surface area contributed by atoms with Crippen LogP contribution in [-0.4, -0.2) is 53.6 Å². The van der Waals surface area contributed by atoms with Gasteiger partial charge in [-0.1, -0.05) is 11.6 Å². The van der Waals surface area contributed by atoms with E-state index in [1.807, 2.05) is 0 Å². The molecule has 4 rings (SSSR count). The Morgan fingerprint density at radius 3 is 2.51 bits per heavy atom. The number of hydrogen-bond acceptors (Lipinski definition) is 4. The van der Waals surface area contributed by atoms with E-state index in [1.165, 1.54) is 23.1 Å². The molecule has 1 aromatic carbocycles. The smallest absolute Gasteiger partial charge is 0.417 e. The number of rotatable bonds is 6. The molecular formula is C23H23ClF4N4O3. The number of amides is 3. The Bertz CT molecular complexity index is 1080. The minimum atomic E-state index is -4.49. The van der Waals surface area contributed by atoms with E-state index in [4.69, 9.17) is 16.3 Å². The molecule has 2 heterocycles. The Morgan fingerprint density at radius 1 is 1.14 bits per heavy atom. The molecule has 1 saturated carbocycles. The van der Waals surface area contributed by atoms with Gasteiger partial charge in [0.1, 0.15) is 17.4 Å². The topological polar surface area (TPSA) is 74.8 Å². The predicted octanol–water partition coefficient (Wildman–Crippen LogP) is 4.64. The molecule has 2 aliphatic rings. The van der Waals surface area contributed by atoms with Crippen LogP contribution in [0.5, 0.6) is 5.75 Å². The average Bonchev–Trinajstić information content (AvgIpc) is 3.21. The molecule has 1 N–H and O–H groups in total. The summed E-state index contributed by atoms with van der Waals surface area (Å²) >= 11 is 5.62. The van der Waals surface area contributed by atoms with Gasteiger partial charge in [-0.05, 0) is 49.9 Å². The molecule has 0 unspecified atom stereocenters. The van der Waals surface area contributed by atoms with Crippen LogP contribution in [0.25, 0.3) is 0 Å². The third-order valence-corrected chi connectivity index (χ3v) is 6.46. The van der Waals surface area contributed by atoms with Gasteiger partial charge in [0.05, 0.1) is 10.6 Å². The lowest BCUT2D eigenvalue weighted by Gasteiger charge is -2.34. The molecule has 12 heteroatoms. The molecule has 1 aliphatic heterocycles. The molecule has 1 aromatic heterocycles. The summed E-state index contributed by atoms with van der Waals surface area (Å²) in [7, 11) is 0. The standard InChI is InChI=1S/C23H23ClF4N4O3/c24-18-7-6-17(11-19(18)25)35-13-21(33)30-15-2-4-16(5-3-15)31-9-10-32(22(31)34)20-8-1-14(12-29-20)23(26,27)28/h1,6-8,11-12,15-16H,2-5,9-10,13H2,(H,30,33)/t15-,16-. The summed E-state index contributed by atoms with van der Waals surface area (Å²) in [6, 6.07) is 5.67. The zero-order chi connectivity index (χ0) is 25.2. The number of hydrogen-bond donors (Lipinski definition) is 1. The van der Waals surface area contributed by atoms with Gasteiger partial charge in [0.25, 0.3) is 5.91 Å². The van der Waals surface area contributed by atoms with E-state index in [9.17, 15) is 27.2 Å². The number of carbonyl (C=O) groups is 2. The largest absolute Gasteiger partial charge is 0.484 e. The Kier molecular flexibility index (Phi) is 7.34. The zero-order valence-electron chi connectivity index (χ0n) is 18.5. The molecule has 2 aromatic rings. The molecule has 1 saturated heterocycles. The zero-order valence-corrected chi connectivity index (χ0v) is 19.3. The number of urea groups is 1. The maximum atomic E-state index is 13.5. The minimum Gasteiger partial charge on any atom is -0.484 e. The second-order valence-corrected chi connectivity index (χ2v) is 8.88. The van der Waals surface area contributed by atoms with Crippen LogP contribution in [0.2, 0.25) is 5.02 Å². The Labute approximate surface area is 204 Å². The first kappa shape index (κ1) is 25.0. The molecule has 188 valence electrons. The molecule has 2 fully saturated rings. The molecule has 35 heavy (non-hydrogen) atoms. The van der Waals surface area contributed by atoms with E-state index in [2.05, 4.69) is 10.3 Å². The van der Waals surface area contributed by atoms with Crippen LogP contribution < -0.4 is 15.0 Å². The van der Waals surface area contributed by atoms with Crippen molar-refractivity contribution in [3.63, 3.8) is 0 Å². The number of alkyl halides is 3. The lowest BCUT2D eigenvalue weighted by molar-refractivity contribution is -0.137. The molecule has 0 radical (unpaired) electrons. The van der Waals surface area contributed by atoms with Crippen molar-refractivity contribution in [1.29, 1.82) is 0 Å². The van der Waals surface area contributed by atoms with Crippen molar-refractivity contribution in [2.75, 3.05) is 24.6 Å². The number of aromatic nitrogens is 1. The summed E-state index contributed by atoms with van der Waals surface area (Å²) in [6.07, 6.45) is -1.09. The fourth-order valence-corrected chi connectivity index (χ4v) is 4.45. The van der Waals surface area contributed by atoms with Crippen molar-refractivity contribution in [3.05, 3.63) is 52.9 Å². The van der Waals surface area contributed by atoms with Crippen LogP contribution in [0.4, 0.5) is 28.2 Å². The monoisotopic (exact) mass is 514 g/mol. The van der Waals surface area contributed by atoms with E-state index < -0.39 is 17.6 Å². The summed E-state index contributed by atoms with van der Waals surface area (Å²) in [4.78, 5) is 32.0. The molecule has 1 aliphatic carbocycles. The van der Waals surface area contributed by atoms with E-state index in [0.717, 1.165) is 18.3 Å². The third-order valence-electron chi connectivity index (χ3n) is 6.16. The first-order chi connectivity index (χ1) is 16.6. The van der Waals surface area contributed by atoms with Crippen LogP contribution in [0.1, 0.15) is 31.2 Å². The van der Waals surface area contributed by atoms with Crippen LogP contribution in [0, 0.1) is 5.82 Å². The van der Waals surface area contributed by atoms with E-state index in [1.54, 1.807) is 4.90 Å². The summed E-state index contributed by atoms with van der Waals surface area (Å²) in [6.45, 7) is 0.534. The van der Waals surface area contributed by atoms with Gasteiger partial charge in [0, 0.05) is 37.4 Å². The molecule has 0 spiro atoms. The second kappa shape index (κ2) is 10.3.